The fourth-order valence-corrected chi connectivity index (χ4v) is 1.39. The van der Waals surface area contributed by atoms with Gasteiger partial charge in [0.05, 0.1) is 0 Å². The Bertz CT molecular complexity index is 200. The minimum Gasteiger partial charge on any atom is -0.396 e. The van der Waals surface area contributed by atoms with E-state index < -0.39 is 12.8 Å². The Kier molecular flexibility index (Phi) is 7.74. The molecule has 0 fully saturated rings. The number of nitrogens with one attached hydrogen (secondary N) is 1. The van der Waals surface area contributed by atoms with Crippen molar-refractivity contribution in [1.82, 2.24) is 5.32 Å². The van der Waals surface area contributed by atoms with E-state index in [1.54, 1.807) is 0 Å². The van der Waals surface area contributed by atoms with Crippen LogP contribution in [0.2, 0.25) is 0 Å². The van der Waals surface area contributed by atoms with Crippen molar-refractivity contribution in [2.24, 2.45) is 0 Å². The molecule has 0 heterocycles. The van der Waals surface area contributed by atoms with Crippen LogP contribution in [-0.2, 0) is 4.74 Å². The van der Waals surface area contributed by atoms with Crippen LogP contribution in [0.5, 0.6) is 0 Å². The largest absolute Gasteiger partial charge is 0.411 e. The van der Waals surface area contributed by atoms with Crippen LogP contribution in [-0.4, -0.2) is 43.2 Å². The number of halogens is 3. The molecule has 1 atom stereocenters. The third-order valence-corrected chi connectivity index (χ3v) is 2.73. The first-order valence-corrected chi connectivity index (χ1v) is 5.83. The van der Waals surface area contributed by atoms with Crippen molar-refractivity contribution >= 4 is 0 Å². The zero-order valence-electron chi connectivity index (χ0n) is 10.4. The van der Waals surface area contributed by atoms with Crippen LogP contribution >= 0.6 is 0 Å². The minimum absolute atomic E-state index is 0.0887. The average molecular weight is 257 g/mol. The van der Waals surface area contributed by atoms with Gasteiger partial charge in [0.25, 0.3) is 0 Å². The van der Waals surface area contributed by atoms with Crippen molar-refractivity contribution in [3.8, 4) is 0 Å². The highest BCUT2D eigenvalue weighted by atomic mass is 19.4. The normalized spacial score (nSPS) is 15.9. The van der Waals surface area contributed by atoms with Crippen molar-refractivity contribution in [3.05, 3.63) is 0 Å². The van der Waals surface area contributed by atoms with Gasteiger partial charge in [-0.05, 0) is 32.7 Å². The van der Waals surface area contributed by atoms with Crippen LogP contribution in [0.25, 0.3) is 0 Å². The van der Waals surface area contributed by atoms with Crippen molar-refractivity contribution in [1.29, 1.82) is 0 Å². The summed E-state index contributed by atoms with van der Waals surface area (Å²) in [5.74, 6) is 0. The molecular weight excluding hydrogens is 235 g/mol. The van der Waals surface area contributed by atoms with Gasteiger partial charge in [0.15, 0.2) is 0 Å². The van der Waals surface area contributed by atoms with Crippen LogP contribution in [0.3, 0.4) is 0 Å². The van der Waals surface area contributed by atoms with Gasteiger partial charge in [-0.2, -0.15) is 13.2 Å². The maximum atomic E-state index is 11.7. The summed E-state index contributed by atoms with van der Waals surface area (Å²) >= 11 is 0. The van der Waals surface area contributed by atoms with Crippen LogP contribution in [0.15, 0.2) is 0 Å². The van der Waals surface area contributed by atoms with Gasteiger partial charge < -0.3 is 15.2 Å². The third-order valence-electron chi connectivity index (χ3n) is 2.73. The molecule has 0 rings (SSSR count). The number of alkyl halides is 3. The summed E-state index contributed by atoms with van der Waals surface area (Å²) in [6.45, 7) is 3.58. The summed E-state index contributed by atoms with van der Waals surface area (Å²) < 4.78 is 39.7. The third kappa shape index (κ3) is 9.38. The molecule has 0 bridgehead atoms. The Hall–Kier alpha value is -0.330. The second-order valence-electron chi connectivity index (χ2n) is 4.34. The molecule has 104 valence electrons. The standard InChI is InChI=1S/C11H22F3NO2/c1-3-10(2,5-7-16)15-6-4-8-17-9-11(12,13)14/h15-16H,3-9H2,1-2H3. The van der Waals surface area contributed by atoms with E-state index in [2.05, 4.69) is 10.1 Å². The molecule has 0 aliphatic heterocycles. The van der Waals surface area contributed by atoms with Crippen LogP contribution in [0, 0.1) is 0 Å². The summed E-state index contributed by atoms with van der Waals surface area (Å²) in [6.07, 6.45) is -2.23. The number of rotatable bonds is 9. The molecule has 0 saturated heterocycles. The lowest BCUT2D eigenvalue weighted by Crippen LogP contribution is -2.43. The molecule has 0 aromatic rings. The number of aliphatic hydroxyl groups excluding tert-OH is 1. The summed E-state index contributed by atoms with van der Waals surface area (Å²) in [4.78, 5) is 0. The molecule has 17 heavy (non-hydrogen) atoms. The van der Waals surface area contributed by atoms with Gasteiger partial charge in [0.2, 0.25) is 0 Å². The molecule has 0 amide bonds. The second-order valence-corrected chi connectivity index (χ2v) is 4.34. The quantitative estimate of drug-likeness (QED) is 0.621. The van der Waals surface area contributed by atoms with Gasteiger partial charge in [-0.25, -0.2) is 0 Å². The van der Waals surface area contributed by atoms with E-state index in [1.807, 2.05) is 13.8 Å². The second kappa shape index (κ2) is 7.89. The van der Waals surface area contributed by atoms with Crippen LogP contribution in [0.1, 0.15) is 33.1 Å². The van der Waals surface area contributed by atoms with E-state index in [1.165, 1.54) is 0 Å². The molecule has 2 N–H and O–H groups in total. The first kappa shape index (κ1) is 16.7. The van der Waals surface area contributed by atoms with E-state index in [0.29, 0.717) is 19.4 Å². The molecule has 0 aliphatic carbocycles. The highest BCUT2D eigenvalue weighted by Gasteiger charge is 2.27. The smallest absolute Gasteiger partial charge is 0.396 e. The van der Waals surface area contributed by atoms with Crippen molar-refractivity contribution < 1.29 is 23.0 Å². The molecule has 0 spiro atoms. The number of hydrogen-bond acceptors (Lipinski definition) is 3. The van der Waals surface area contributed by atoms with Gasteiger partial charge in [-0.15, -0.1) is 0 Å². The summed E-state index contributed by atoms with van der Waals surface area (Å²) in [6, 6.07) is 0. The SMILES string of the molecule is CCC(C)(CCO)NCCCOCC(F)(F)F. The Morgan fingerprint density at radius 3 is 2.41 bits per heavy atom. The van der Waals surface area contributed by atoms with Gasteiger partial charge >= 0.3 is 6.18 Å². The van der Waals surface area contributed by atoms with Gasteiger partial charge in [0.1, 0.15) is 6.61 Å². The van der Waals surface area contributed by atoms with Crippen molar-refractivity contribution in [2.75, 3.05) is 26.4 Å². The fourth-order valence-electron chi connectivity index (χ4n) is 1.39. The van der Waals surface area contributed by atoms with Gasteiger partial charge in [-0.3, -0.25) is 0 Å². The van der Waals surface area contributed by atoms with E-state index in [4.69, 9.17) is 5.11 Å². The van der Waals surface area contributed by atoms with E-state index in [-0.39, 0.29) is 18.8 Å². The maximum Gasteiger partial charge on any atom is 0.411 e. The molecular formula is C11H22F3NO2. The fraction of sp³-hybridized carbons (Fsp3) is 1.00. The number of ether oxygens (including phenoxy) is 1. The molecule has 0 aliphatic rings. The minimum atomic E-state index is -4.25. The molecule has 3 nitrogen and oxygen atoms in total. The van der Waals surface area contributed by atoms with Crippen LogP contribution < -0.4 is 5.32 Å². The van der Waals surface area contributed by atoms with Crippen LogP contribution in [0.4, 0.5) is 13.2 Å². The average Bonchev–Trinajstić information content (AvgIpc) is 2.22. The number of hydrogen-bond donors (Lipinski definition) is 2. The van der Waals surface area contributed by atoms with Crippen molar-refractivity contribution in [3.63, 3.8) is 0 Å². The highest BCUT2D eigenvalue weighted by molar-refractivity contribution is 4.80. The lowest BCUT2D eigenvalue weighted by atomic mass is 9.95. The van der Waals surface area contributed by atoms with E-state index in [0.717, 1.165) is 6.42 Å². The van der Waals surface area contributed by atoms with Gasteiger partial charge in [0, 0.05) is 18.8 Å². The predicted molar refractivity (Wildman–Crippen MR) is 59.9 cm³/mol. The molecule has 0 radical (unpaired) electrons. The zero-order valence-corrected chi connectivity index (χ0v) is 10.4. The summed E-state index contributed by atoms with van der Waals surface area (Å²) in [7, 11) is 0. The van der Waals surface area contributed by atoms with Gasteiger partial charge in [-0.1, -0.05) is 6.92 Å². The lowest BCUT2D eigenvalue weighted by molar-refractivity contribution is -0.174. The van der Waals surface area contributed by atoms with E-state index >= 15 is 0 Å². The lowest BCUT2D eigenvalue weighted by Gasteiger charge is -2.29. The molecule has 0 aromatic carbocycles. The van der Waals surface area contributed by atoms with E-state index in [9.17, 15) is 13.2 Å². The monoisotopic (exact) mass is 257 g/mol. The maximum absolute atomic E-state index is 11.7. The highest BCUT2D eigenvalue weighted by Crippen LogP contribution is 2.15. The Morgan fingerprint density at radius 2 is 1.94 bits per heavy atom. The molecule has 6 heteroatoms. The molecule has 0 aromatic heterocycles. The first-order chi connectivity index (χ1) is 7.83. The summed E-state index contributed by atoms with van der Waals surface area (Å²) in [5.41, 5.74) is -0.154. The van der Waals surface area contributed by atoms with Crippen molar-refractivity contribution in [2.45, 2.75) is 44.8 Å². The number of aliphatic hydroxyl groups is 1. The molecule has 1 unspecified atom stereocenters. The Balaban J connectivity index is 3.56. The zero-order chi connectivity index (χ0) is 13.4. The Labute approximate surface area is 100 Å². The Morgan fingerprint density at radius 1 is 1.29 bits per heavy atom. The predicted octanol–water partition coefficient (Wildman–Crippen LogP) is 2.10. The summed E-state index contributed by atoms with van der Waals surface area (Å²) in [5, 5.41) is 12.1. The first-order valence-electron chi connectivity index (χ1n) is 5.83. The topological polar surface area (TPSA) is 41.5 Å². The molecule has 0 saturated carbocycles.